The molecule has 0 bridgehead atoms. The van der Waals surface area contributed by atoms with Crippen LogP contribution in [0.2, 0.25) is 0 Å². The molecule has 0 aliphatic rings. The Kier molecular flexibility index (Phi) is 3.88. The van der Waals surface area contributed by atoms with Crippen LogP contribution in [0.1, 0.15) is 0 Å². The predicted molar refractivity (Wildman–Crippen MR) is 59.1 cm³/mol. The number of ether oxygens (including phenoxy) is 3. The average Bonchev–Trinajstić information content (AvgIpc) is 2.25. The first kappa shape index (κ1) is 12.9. The SMILES string of the molecule is COc1cc(OC)c(S(=O)(=O)Cl)c(OC)c1. The van der Waals surface area contributed by atoms with E-state index < -0.39 is 9.05 Å². The first-order valence-corrected chi connectivity index (χ1v) is 6.49. The van der Waals surface area contributed by atoms with Gasteiger partial charge in [-0.05, 0) is 0 Å². The van der Waals surface area contributed by atoms with Gasteiger partial charge in [-0.3, -0.25) is 0 Å². The van der Waals surface area contributed by atoms with Crippen molar-refractivity contribution in [2.75, 3.05) is 21.3 Å². The first-order chi connectivity index (χ1) is 7.43. The zero-order valence-corrected chi connectivity index (χ0v) is 10.6. The van der Waals surface area contributed by atoms with Crippen LogP contribution in [0.5, 0.6) is 17.2 Å². The van der Waals surface area contributed by atoms with Gasteiger partial charge in [0.05, 0.1) is 21.3 Å². The van der Waals surface area contributed by atoms with Gasteiger partial charge in [0.15, 0.2) is 4.90 Å². The summed E-state index contributed by atoms with van der Waals surface area (Å²) in [7, 11) is 5.46. The number of benzene rings is 1. The Hall–Kier alpha value is -1.14. The zero-order valence-electron chi connectivity index (χ0n) is 8.98. The summed E-state index contributed by atoms with van der Waals surface area (Å²) < 4.78 is 37.5. The quantitative estimate of drug-likeness (QED) is 0.776. The minimum Gasteiger partial charge on any atom is -0.496 e. The van der Waals surface area contributed by atoms with E-state index in [9.17, 15) is 8.42 Å². The molecule has 0 atom stereocenters. The molecule has 0 fully saturated rings. The Labute approximate surface area is 98.3 Å². The van der Waals surface area contributed by atoms with Crippen molar-refractivity contribution in [3.05, 3.63) is 12.1 Å². The second-order valence-electron chi connectivity index (χ2n) is 2.80. The summed E-state index contributed by atoms with van der Waals surface area (Å²) in [5.41, 5.74) is 0. The highest BCUT2D eigenvalue weighted by Crippen LogP contribution is 2.39. The zero-order chi connectivity index (χ0) is 12.3. The molecule has 1 aromatic rings. The van der Waals surface area contributed by atoms with E-state index in [0.717, 1.165) is 0 Å². The molecule has 0 aliphatic carbocycles. The third-order valence-electron chi connectivity index (χ3n) is 1.91. The van der Waals surface area contributed by atoms with Crippen molar-refractivity contribution in [3.8, 4) is 17.2 Å². The van der Waals surface area contributed by atoms with Crippen molar-refractivity contribution in [2.24, 2.45) is 0 Å². The van der Waals surface area contributed by atoms with Crippen LogP contribution in [-0.4, -0.2) is 29.7 Å². The molecule has 0 saturated carbocycles. The molecule has 0 N–H and O–H groups in total. The smallest absolute Gasteiger partial charge is 0.268 e. The second-order valence-corrected chi connectivity index (χ2v) is 5.30. The van der Waals surface area contributed by atoms with E-state index in [4.69, 9.17) is 24.9 Å². The van der Waals surface area contributed by atoms with E-state index in [1.54, 1.807) is 0 Å². The number of hydrogen-bond donors (Lipinski definition) is 0. The van der Waals surface area contributed by atoms with Crippen molar-refractivity contribution < 1.29 is 22.6 Å². The third-order valence-corrected chi connectivity index (χ3v) is 3.27. The summed E-state index contributed by atoms with van der Waals surface area (Å²) in [4.78, 5) is -0.208. The molecule has 0 aromatic heterocycles. The minimum atomic E-state index is -3.95. The van der Waals surface area contributed by atoms with Crippen molar-refractivity contribution in [3.63, 3.8) is 0 Å². The molecule has 7 heteroatoms. The lowest BCUT2D eigenvalue weighted by Gasteiger charge is -2.12. The summed E-state index contributed by atoms with van der Waals surface area (Å²) in [6.07, 6.45) is 0. The summed E-state index contributed by atoms with van der Waals surface area (Å²) >= 11 is 0. The number of methoxy groups -OCH3 is 3. The molecule has 1 aromatic carbocycles. The van der Waals surface area contributed by atoms with Crippen molar-refractivity contribution in [1.82, 2.24) is 0 Å². The summed E-state index contributed by atoms with van der Waals surface area (Å²) in [6, 6.07) is 2.83. The molecule has 0 heterocycles. The molecule has 0 amide bonds. The molecule has 0 saturated heterocycles. The Morgan fingerprint density at radius 2 is 1.44 bits per heavy atom. The maximum Gasteiger partial charge on any atom is 0.268 e. The number of rotatable bonds is 4. The molecule has 0 radical (unpaired) electrons. The fourth-order valence-corrected chi connectivity index (χ4v) is 2.44. The summed E-state index contributed by atoms with van der Waals surface area (Å²) in [5, 5.41) is 0. The minimum absolute atomic E-state index is 0.0752. The fourth-order valence-electron chi connectivity index (χ4n) is 1.21. The largest absolute Gasteiger partial charge is 0.496 e. The van der Waals surface area contributed by atoms with E-state index in [2.05, 4.69) is 0 Å². The Morgan fingerprint density at radius 3 is 1.69 bits per heavy atom. The van der Waals surface area contributed by atoms with E-state index in [-0.39, 0.29) is 16.4 Å². The molecule has 90 valence electrons. The summed E-state index contributed by atoms with van der Waals surface area (Å²) in [5.74, 6) is 0.565. The molecular formula is C9H11ClO5S. The number of hydrogen-bond acceptors (Lipinski definition) is 5. The van der Waals surface area contributed by atoms with Crippen molar-refractivity contribution in [2.45, 2.75) is 4.90 Å². The Bertz CT molecular complexity index is 458. The molecule has 0 unspecified atom stereocenters. The first-order valence-electron chi connectivity index (χ1n) is 4.18. The van der Waals surface area contributed by atoms with Gasteiger partial charge < -0.3 is 14.2 Å². The maximum absolute atomic E-state index is 11.4. The number of halogens is 1. The molecule has 16 heavy (non-hydrogen) atoms. The Morgan fingerprint density at radius 1 is 1.00 bits per heavy atom. The van der Waals surface area contributed by atoms with Crippen molar-refractivity contribution >= 4 is 19.7 Å². The van der Waals surface area contributed by atoms with Crippen LogP contribution in [0.25, 0.3) is 0 Å². The predicted octanol–water partition coefficient (Wildman–Crippen LogP) is 1.64. The normalized spacial score (nSPS) is 11.0. The molecule has 1 rings (SSSR count). The van der Waals surface area contributed by atoms with Crippen LogP contribution in [0.3, 0.4) is 0 Å². The molecule has 5 nitrogen and oxygen atoms in total. The topological polar surface area (TPSA) is 61.8 Å². The highest BCUT2D eigenvalue weighted by atomic mass is 35.7. The standard InChI is InChI=1S/C9H11ClO5S/c1-13-6-4-7(14-2)9(16(10,11)12)8(5-6)15-3/h4-5H,1-3H3. The second kappa shape index (κ2) is 4.80. The highest BCUT2D eigenvalue weighted by Gasteiger charge is 2.24. The van der Waals surface area contributed by atoms with E-state index >= 15 is 0 Å². The lowest BCUT2D eigenvalue weighted by atomic mass is 10.3. The summed E-state index contributed by atoms with van der Waals surface area (Å²) in [6.45, 7) is 0. The van der Waals surface area contributed by atoms with E-state index in [1.807, 2.05) is 0 Å². The van der Waals surface area contributed by atoms with Crippen LogP contribution in [0, 0.1) is 0 Å². The molecular weight excluding hydrogens is 256 g/mol. The van der Waals surface area contributed by atoms with Gasteiger partial charge in [0, 0.05) is 22.8 Å². The fraction of sp³-hybridized carbons (Fsp3) is 0.333. The van der Waals surface area contributed by atoms with Gasteiger partial charge in [-0.25, -0.2) is 8.42 Å². The van der Waals surface area contributed by atoms with Gasteiger partial charge in [-0.15, -0.1) is 0 Å². The van der Waals surface area contributed by atoms with Gasteiger partial charge in [-0.1, -0.05) is 0 Å². The molecule has 0 aliphatic heterocycles. The van der Waals surface area contributed by atoms with Gasteiger partial charge in [0.1, 0.15) is 17.2 Å². The van der Waals surface area contributed by atoms with Gasteiger partial charge >= 0.3 is 0 Å². The van der Waals surface area contributed by atoms with E-state index in [1.165, 1.54) is 33.5 Å². The van der Waals surface area contributed by atoms with Gasteiger partial charge in [0.2, 0.25) is 0 Å². The van der Waals surface area contributed by atoms with Crippen LogP contribution in [0.15, 0.2) is 17.0 Å². The third kappa shape index (κ3) is 2.51. The van der Waals surface area contributed by atoms with Crippen LogP contribution < -0.4 is 14.2 Å². The average molecular weight is 267 g/mol. The monoisotopic (exact) mass is 266 g/mol. The van der Waals surface area contributed by atoms with E-state index in [0.29, 0.717) is 5.75 Å². The van der Waals surface area contributed by atoms with Gasteiger partial charge in [0.25, 0.3) is 9.05 Å². The highest BCUT2D eigenvalue weighted by molar-refractivity contribution is 8.13. The van der Waals surface area contributed by atoms with Crippen LogP contribution >= 0.6 is 10.7 Å². The lowest BCUT2D eigenvalue weighted by molar-refractivity contribution is 0.359. The van der Waals surface area contributed by atoms with Crippen LogP contribution in [0.4, 0.5) is 0 Å². The van der Waals surface area contributed by atoms with Crippen molar-refractivity contribution in [1.29, 1.82) is 0 Å². The molecule has 0 spiro atoms. The Balaban J connectivity index is 3.57. The van der Waals surface area contributed by atoms with Crippen LogP contribution in [-0.2, 0) is 9.05 Å². The maximum atomic E-state index is 11.4. The lowest BCUT2D eigenvalue weighted by Crippen LogP contribution is -2.01. The van der Waals surface area contributed by atoms with Gasteiger partial charge in [-0.2, -0.15) is 0 Å².